The summed E-state index contributed by atoms with van der Waals surface area (Å²) in [6.45, 7) is 2.20. The Morgan fingerprint density at radius 2 is 1.57 bits per heavy atom. The van der Waals surface area contributed by atoms with Crippen LogP contribution in [0.15, 0.2) is 48.7 Å². The van der Waals surface area contributed by atoms with Crippen molar-refractivity contribution in [2.24, 2.45) is 23.2 Å². The van der Waals surface area contributed by atoms with Crippen LogP contribution in [-0.4, -0.2) is 22.8 Å². The zero-order valence-corrected chi connectivity index (χ0v) is 17.4. The van der Waals surface area contributed by atoms with Gasteiger partial charge < -0.3 is 10.6 Å². The van der Waals surface area contributed by atoms with Gasteiger partial charge in [-0.15, -0.1) is 0 Å². The van der Waals surface area contributed by atoms with Gasteiger partial charge in [-0.2, -0.15) is 0 Å². The SMILES string of the molecule is C[C@@H](NC(=O)c1ccc(NC(=O)c2ccccn2)cc1)C12CC3CC(CC(C3)C1)C2. The molecule has 2 N–H and O–H groups in total. The first-order chi connectivity index (χ1) is 14.5. The van der Waals surface area contributed by atoms with Gasteiger partial charge in [0.25, 0.3) is 11.8 Å². The Balaban J connectivity index is 1.22. The van der Waals surface area contributed by atoms with Crippen molar-refractivity contribution in [1.82, 2.24) is 10.3 Å². The first-order valence-corrected chi connectivity index (χ1v) is 11.1. The molecular weight excluding hydrogens is 374 g/mol. The van der Waals surface area contributed by atoms with Crippen LogP contribution in [0.1, 0.15) is 66.3 Å². The van der Waals surface area contributed by atoms with Crippen molar-refractivity contribution in [3.05, 3.63) is 59.9 Å². The summed E-state index contributed by atoms with van der Waals surface area (Å²) in [7, 11) is 0. The molecule has 0 aliphatic heterocycles. The molecule has 2 aromatic rings. The second kappa shape index (κ2) is 7.53. The number of rotatable bonds is 5. The van der Waals surface area contributed by atoms with Gasteiger partial charge >= 0.3 is 0 Å². The highest BCUT2D eigenvalue weighted by Crippen LogP contribution is 2.61. The minimum atomic E-state index is -0.261. The molecule has 0 spiro atoms. The first kappa shape index (κ1) is 19.3. The van der Waals surface area contributed by atoms with Crippen molar-refractivity contribution < 1.29 is 9.59 Å². The van der Waals surface area contributed by atoms with E-state index in [1.807, 2.05) is 0 Å². The van der Waals surface area contributed by atoms with Crippen LogP contribution in [0.5, 0.6) is 0 Å². The van der Waals surface area contributed by atoms with Gasteiger partial charge in [0.1, 0.15) is 5.69 Å². The number of nitrogens with zero attached hydrogens (tertiary/aromatic N) is 1. The van der Waals surface area contributed by atoms with E-state index in [4.69, 9.17) is 0 Å². The van der Waals surface area contributed by atoms with Gasteiger partial charge in [-0.1, -0.05) is 6.07 Å². The zero-order chi connectivity index (χ0) is 20.7. The zero-order valence-electron chi connectivity index (χ0n) is 17.4. The predicted octanol–water partition coefficient (Wildman–Crippen LogP) is 4.67. The third-order valence-electron chi connectivity index (χ3n) is 7.65. The van der Waals surface area contributed by atoms with Crippen molar-refractivity contribution in [3.63, 3.8) is 0 Å². The van der Waals surface area contributed by atoms with E-state index in [1.54, 1.807) is 48.7 Å². The first-order valence-electron chi connectivity index (χ1n) is 11.1. The van der Waals surface area contributed by atoms with Gasteiger partial charge in [0, 0.05) is 23.5 Å². The maximum Gasteiger partial charge on any atom is 0.274 e. The van der Waals surface area contributed by atoms with Crippen LogP contribution < -0.4 is 10.6 Å². The summed E-state index contributed by atoms with van der Waals surface area (Å²) in [6.07, 6.45) is 9.65. The predicted molar refractivity (Wildman–Crippen MR) is 116 cm³/mol. The number of benzene rings is 1. The van der Waals surface area contributed by atoms with Crippen LogP contribution in [0.25, 0.3) is 0 Å². The smallest absolute Gasteiger partial charge is 0.274 e. The lowest BCUT2D eigenvalue weighted by Crippen LogP contribution is -2.55. The molecule has 2 amide bonds. The molecule has 0 radical (unpaired) electrons. The lowest BCUT2D eigenvalue weighted by molar-refractivity contribution is -0.0688. The molecule has 4 aliphatic rings. The monoisotopic (exact) mass is 403 g/mol. The highest BCUT2D eigenvalue weighted by molar-refractivity contribution is 6.03. The van der Waals surface area contributed by atoms with Crippen LogP contribution in [-0.2, 0) is 0 Å². The number of hydrogen-bond donors (Lipinski definition) is 2. The lowest BCUT2D eigenvalue weighted by atomic mass is 9.48. The van der Waals surface area contributed by atoms with Crippen LogP contribution in [0, 0.1) is 23.2 Å². The maximum absolute atomic E-state index is 12.9. The Morgan fingerprint density at radius 3 is 2.13 bits per heavy atom. The van der Waals surface area contributed by atoms with Crippen molar-refractivity contribution in [3.8, 4) is 0 Å². The Kier molecular flexibility index (Phi) is 4.84. The third kappa shape index (κ3) is 3.62. The number of carbonyl (C=O) groups is 2. The summed E-state index contributed by atoms with van der Waals surface area (Å²) in [4.78, 5) is 29.2. The van der Waals surface area contributed by atoms with E-state index >= 15 is 0 Å². The molecule has 1 heterocycles. The molecule has 5 heteroatoms. The fraction of sp³-hybridized carbons (Fsp3) is 0.480. The fourth-order valence-corrected chi connectivity index (χ4v) is 6.54. The topological polar surface area (TPSA) is 71.1 Å². The average molecular weight is 404 g/mol. The second-order valence-electron chi connectivity index (χ2n) is 9.72. The van der Waals surface area contributed by atoms with Gasteiger partial charge in [-0.05, 0) is 105 Å². The summed E-state index contributed by atoms with van der Waals surface area (Å²) >= 11 is 0. The number of pyridine rings is 1. The summed E-state index contributed by atoms with van der Waals surface area (Å²) in [5.41, 5.74) is 1.93. The van der Waals surface area contributed by atoms with Crippen LogP contribution >= 0.6 is 0 Å². The highest BCUT2D eigenvalue weighted by Gasteiger charge is 2.53. The molecule has 0 unspecified atom stereocenters. The molecule has 6 rings (SSSR count). The van der Waals surface area contributed by atoms with Crippen molar-refractivity contribution in [2.45, 2.75) is 51.5 Å². The van der Waals surface area contributed by atoms with Gasteiger partial charge in [0.2, 0.25) is 0 Å². The average Bonchev–Trinajstić information content (AvgIpc) is 2.74. The molecule has 156 valence electrons. The number of amides is 2. The Labute approximate surface area is 177 Å². The minimum absolute atomic E-state index is 0.0270. The number of anilines is 1. The Morgan fingerprint density at radius 1 is 0.933 bits per heavy atom. The van der Waals surface area contributed by atoms with Crippen LogP contribution in [0.4, 0.5) is 5.69 Å². The number of hydrogen-bond acceptors (Lipinski definition) is 3. The molecule has 4 aliphatic carbocycles. The highest BCUT2D eigenvalue weighted by atomic mass is 16.2. The molecular formula is C25H29N3O2. The number of aromatic nitrogens is 1. The van der Waals surface area contributed by atoms with Gasteiger partial charge in [-0.25, -0.2) is 0 Å². The number of carbonyl (C=O) groups excluding carboxylic acids is 2. The number of nitrogens with one attached hydrogen (secondary N) is 2. The summed E-state index contributed by atoms with van der Waals surface area (Å²) in [5, 5.41) is 6.12. The molecule has 1 atom stereocenters. The van der Waals surface area contributed by atoms with Crippen LogP contribution in [0.2, 0.25) is 0 Å². The van der Waals surface area contributed by atoms with Crippen molar-refractivity contribution in [1.29, 1.82) is 0 Å². The van der Waals surface area contributed by atoms with E-state index in [1.165, 1.54) is 38.5 Å². The molecule has 4 saturated carbocycles. The lowest BCUT2D eigenvalue weighted by Gasteiger charge is -2.59. The van der Waals surface area contributed by atoms with E-state index in [2.05, 4.69) is 22.5 Å². The largest absolute Gasteiger partial charge is 0.349 e. The Hall–Kier alpha value is -2.69. The molecule has 4 bridgehead atoms. The fourth-order valence-electron chi connectivity index (χ4n) is 6.54. The van der Waals surface area contributed by atoms with Gasteiger partial charge in [0.15, 0.2) is 0 Å². The van der Waals surface area contributed by atoms with Crippen LogP contribution in [0.3, 0.4) is 0 Å². The molecule has 1 aromatic carbocycles. The van der Waals surface area contributed by atoms with E-state index < -0.39 is 0 Å². The molecule has 1 aromatic heterocycles. The second-order valence-corrected chi connectivity index (χ2v) is 9.72. The maximum atomic E-state index is 12.9. The summed E-state index contributed by atoms with van der Waals surface area (Å²) < 4.78 is 0. The third-order valence-corrected chi connectivity index (χ3v) is 7.65. The van der Waals surface area contributed by atoms with E-state index in [-0.39, 0.29) is 17.9 Å². The van der Waals surface area contributed by atoms with Crippen molar-refractivity contribution in [2.75, 3.05) is 5.32 Å². The molecule has 30 heavy (non-hydrogen) atoms. The standard InChI is InChI=1S/C25H29N3O2/c1-16(25-13-17-10-18(14-25)12-19(11-17)15-25)27-23(29)20-5-7-21(8-6-20)28-24(30)22-4-2-3-9-26-22/h2-9,16-19H,10-15H2,1H3,(H,27,29)(H,28,30)/t16-,17?,18?,19?,25?/m1/s1. The van der Waals surface area contributed by atoms with E-state index in [0.717, 1.165) is 17.8 Å². The van der Waals surface area contributed by atoms with Crippen molar-refractivity contribution >= 4 is 17.5 Å². The quantitative estimate of drug-likeness (QED) is 0.762. The van der Waals surface area contributed by atoms with Gasteiger partial charge in [-0.3, -0.25) is 14.6 Å². The molecule has 5 nitrogen and oxygen atoms in total. The molecule has 0 saturated heterocycles. The molecule has 4 fully saturated rings. The summed E-state index contributed by atoms with van der Waals surface area (Å²) in [5.74, 6) is 2.33. The normalized spacial score (nSPS) is 30.0. The van der Waals surface area contributed by atoms with Gasteiger partial charge in [0.05, 0.1) is 0 Å². The minimum Gasteiger partial charge on any atom is -0.349 e. The van der Waals surface area contributed by atoms with E-state index in [0.29, 0.717) is 22.4 Å². The Bertz CT molecular complexity index is 903. The summed E-state index contributed by atoms with van der Waals surface area (Å²) in [6, 6.07) is 12.5. The van der Waals surface area contributed by atoms with E-state index in [9.17, 15) is 9.59 Å².